The Balaban J connectivity index is 1.66. The number of halogens is 6. The van der Waals surface area contributed by atoms with Crippen LogP contribution in [0.15, 0.2) is 66.2 Å². The number of benzene rings is 2. The summed E-state index contributed by atoms with van der Waals surface area (Å²) < 4.78 is 87.9. The van der Waals surface area contributed by atoms with Gasteiger partial charge in [0.25, 0.3) is 0 Å². The molecule has 0 spiro atoms. The third-order valence-electron chi connectivity index (χ3n) is 5.38. The number of para-hydroxylation sites is 1. The summed E-state index contributed by atoms with van der Waals surface area (Å²) in [6.07, 6.45) is -11.0. The van der Waals surface area contributed by atoms with Crippen molar-refractivity contribution in [3.63, 3.8) is 0 Å². The predicted molar refractivity (Wildman–Crippen MR) is 104 cm³/mol. The average molecular weight is 458 g/mol. The number of carbonyl (C=O) groups is 1. The van der Waals surface area contributed by atoms with Crippen LogP contribution in [0.2, 0.25) is 0 Å². The maximum atomic E-state index is 12.8. The maximum absolute atomic E-state index is 12.8. The molecule has 1 saturated carbocycles. The van der Waals surface area contributed by atoms with E-state index in [4.69, 9.17) is 9.47 Å². The number of hydrogen-bond acceptors (Lipinski definition) is 3. The van der Waals surface area contributed by atoms with Crippen LogP contribution in [0.4, 0.5) is 26.3 Å². The summed E-state index contributed by atoms with van der Waals surface area (Å²) in [6.45, 7) is 2.66. The minimum Gasteiger partial charge on any atom is -0.461 e. The Bertz CT molecular complexity index is 977. The third kappa shape index (κ3) is 5.44. The molecule has 0 bridgehead atoms. The molecule has 9 heteroatoms. The monoisotopic (exact) mass is 458 g/mol. The maximum Gasteiger partial charge on any atom is 0.421 e. The molecular weight excluding hydrogens is 438 g/mol. The van der Waals surface area contributed by atoms with Crippen LogP contribution in [0.3, 0.4) is 0 Å². The van der Waals surface area contributed by atoms with Crippen molar-refractivity contribution in [1.29, 1.82) is 0 Å². The lowest BCUT2D eigenvalue weighted by Crippen LogP contribution is -2.26. The standard InChI is InChI=1S/C23H20F6O3/c1-21(2)17(12-18(22(24,25)26)23(27,28)29)19(21)20(30)31-13-14-7-6-10-16(11-14)32-15-8-4-3-5-9-15/h3-12,17,19H,13H2,1-2H3/t17-,19+/m0/s1. The first-order chi connectivity index (χ1) is 14.8. The molecule has 0 aliphatic heterocycles. The lowest BCUT2D eigenvalue weighted by molar-refractivity contribution is -0.172. The van der Waals surface area contributed by atoms with Gasteiger partial charge in [0.2, 0.25) is 0 Å². The number of esters is 1. The molecule has 2 aromatic carbocycles. The van der Waals surface area contributed by atoms with Gasteiger partial charge in [0.1, 0.15) is 23.7 Å². The van der Waals surface area contributed by atoms with Crippen LogP contribution in [0.1, 0.15) is 19.4 Å². The van der Waals surface area contributed by atoms with Crippen LogP contribution in [-0.4, -0.2) is 18.3 Å². The highest BCUT2D eigenvalue weighted by atomic mass is 19.4. The zero-order valence-electron chi connectivity index (χ0n) is 17.1. The van der Waals surface area contributed by atoms with Crippen LogP contribution in [0.25, 0.3) is 0 Å². The zero-order chi connectivity index (χ0) is 23.7. The molecule has 3 rings (SSSR count). The normalized spacial score (nSPS) is 19.8. The number of rotatable bonds is 6. The van der Waals surface area contributed by atoms with Crippen molar-refractivity contribution in [3.05, 3.63) is 71.8 Å². The Hall–Kier alpha value is -2.97. The minimum absolute atomic E-state index is 0.0975. The van der Waals surface area contributed by atoms with E-state index in [1.165, 1.54) is 13.8 Å². The molecule has 1 fully saturated rings. The van der Waals surface area contributed by atoms with Crippen molar-refractivity contribution < 1.29 is 40.6 Å². The van der Waals surface area contributed by atoms with Gasteiger partial charge in [-0.2, -0.15) is 26.3 Å². The van der Waals surface area contributed by atoms with Crippen LogP contribution in [-0.2, 0) is 16.1 Å². The van der Waals surface area contributed by atoms with Crippen molar-refractivity contribution in [3.8, 4) is 11.5 Å². The van der Waals surface area contributed by atoms with Crippen molar-refractivity contribution in [2.75, 3.05) is 0 Å². The third-order valence-corrected chi connectivity index (χ3v) is 5.38. The summed E-state index contributed by atoms with van der Waals surface area (Å²) in [5, 5.41) is 0. The summed E-state index contributed by atoms with van der Waals surface area (Å²) in [7, 11) is 0. The van der Waals surface area contributed by atoms with Crippen molar-refractivity contribution >= 4 is 5.97 Å². The summed E-state index contributed by atoms with van der Waals surface area (Å²) >= 11 is 0. The molecule has 0 aromatic heterocycles. The van der Waals surface area contributed by atoms with Crippen LogP contribution < -0.4 is 4.74 Å². The van der Waals surface area contributed by atoms with Gasteiger partial charge in [-0.1, -0.05) is 50.3 Å². The van der Waals surface area contributed by atoms with E-state index in [1.54, 1.807) is 48.5 Å². The summed E-state index contributed by atoms with van der Waals surface area (Å²) in [4.78, 5) is 12.4. The van der Waals surface area contributed by atoms with Gasteiger partial charge in [0, 0.05) is 0 Å². The molecule has 0 unspecified atom stereocenters. The second-order valence-electron chi connectivity index (χ2n) is 8.07. The highest BCUT2D eigenvalue weighted by Gasteiger charge is 2.63. The molecule has 0 amide bonds. The van der Waals surface area contributed by atoms with Gasteiger partial charge in [0.15, 0.2) is 0 Å². The van der Waals surface area contributed by atoms with Crippen LogP contribution in [0.5, 0.6) is 11.5 Å². The van der Waals surface area contributed by atoms with E-state index in [0.717, 1.165) is 0 Å². The van der Waals surface area contributed by atoms with Gasteiger partial charge >= 0.3 is 18.3 Å². The Morgan fingerprint density at radius 1 is 0.938 bits per heavy atom. The molecule has 2 atom stereocenters. The van der Waals surface area contributed by atoms with E-state index in [2.05, 4.69) is 0 Å². The van der Waals surface area contributed by atoms with Gasteiger partial charge in [-0.05, 0) is 41.2 Å². The van der Waals surface area contributed by atoms with Gasteiger partial charge in [0.05, 0.1) is 5.92 Å². The van der Waals surface area contributed by atoms with E-state index in [9.17, 15) is 31.1 Å². The van der Waals surface area contributed by atoms with E-state index in [-0.39, 0.29) is 12.7 Å². The van der Waals surface area contributed by atoms with Crippen molar-refractivity contribution in [2.24, 2.45) is 17.3 Å². The smallest absolute Gasteiger partial charge is 0.421 e. The molecule has 32 heavy (non-hydrogen) atoms. The first-order valence-electron chi connectivity index (χ1n) is 9.65. The molecule has 0 heterocycles. The van der Waals surface area contributed by atoms with Crippen LogP contribution >= 0.6 is 0 Å². The number of carbonyl (C=O) groups excluding carboxylic acids is 1. The van der Waals surface area contributed by atoms with Gasteiger partial charge < -0.3 is 9.47 Å². The SMILES string of the molecule is CC1(C)[C@@H](C=C(C(F)(F)F)C(F)(F)F)[C@@H]1C(=O)OCc1cccc(Oc2ccccc2)c1. The zero-order valence-corrected chi connectivity index (χ0v) is 17.1. The average Bonchev–Trinajstić information content (AvgIpc) is 3.24. The van der Waals surface area contributed by atoms with E-state index >= 15 is 0 Å². The summed E-state index contributed by atoms with van der Waals surface area (Å²) in [5.41, 5.74) is -3.13. The second-order valence-corrected chi connectivity index (χ2v) is 8.07. The Labute approximate surface area is 180 Å². The largest absolute Gasteiger partial charge is 0.461 e. The van der Waals surface area contributed by atoms with Gasteiger partial charge in [-0.3, -0.25) is 4.79 Å². The first-order valence-corrected chi connectivity index (χ1v) is 9.65. The topological polar surface area (TPSA) is 35.5 Å². The Kier molecular flexibility index (Phi) is 6.31. The van der Waals surface area contributed by atoms with Gasteiger partial charge in [-0.15, -0.1) is 0 Å². The molecule has 3 nitrogen and oxygen atoms in total. The molecule has 0 radical (unpaired) electrons. The summed E-state index contributed by atoms with van der Waals surface area (Å²) in [6, 6.07) is 15.6. The molecular formula is C23H20F6O3. The van der Waals surface area contributed by atoms with Crippen molar-refractivity contribution in [1.82, 2.24) is 0 Å². The van der Waals surface area contributed by atoms with E-state index in [1.807, 2.05) is 6.07 Å². The fourth-order valence-electron chi connectivity index (χ4n) is 3.54. The fourth-order valence-corrected chi connectivity index (χ4v) is 3.54. The molecule has 172 valence electrons. The highest BCUT2D eigenvalue weighted by molar-refractivity contribution is 5.78. The highest BCUT2D eigenvalue weighted by Crippen LogP contribution is 2.61. The lowest BCUT2D eigenvalue weighted by Gasteiger charge is -2.15. The molecule has 1 aliphatic rings. The number of alkyl halides is 6. The Morgan fingerprint density at radius 3 is 2.12 bits per heavy atom. The minimum atomic E-state index is -5.56. The number of hydrogen-bond donors (Lipinski definition) is 0. The molecule has 0 saturated heterocycles. The van der Waals surface area contributed by atoms with E-state index < -0.39 is 41.1 Å². The second kappa shape index (κ2) is 8.52. The lowest BCUT2D eigenvalue weighted by atomic mass is 10.1. The number of ether oxygens (including phenoxy) is 2. The van der Waals surface area contributed by atoms with E-state index in [0.29, 0.717) is 17.1 Å². The first kappa shape index (κ1) is 23.7. The quantitative estimate of drug-likeness (QED) is 0.270. The molecule has 0 N–H and O–H groups in total. The Morgan fingerprint density at radius 2 is 1.53 bits per heavy atom. The van der Waals surface area contributed by atoms with Crippen molar-refractivity contribution in [2.45, 2.75) is 32.8 Å². The summed E-state index contributed by atoms with van der Waals surface area (Å²) in [5.74, 6) is -2.11. The predicted octanol–water partition coefficient (Wildman–Crippen LogP) is 6.85. The van der Waals surface area contributed by atoms with Gasteiger partial charge in [-0.25, -0.2) is 0 Å². The van der Waals surface area contributed by atoms with Crippen LogP contribution in [0, 0.1) is 17.3 Å². The molecule has 2 aromatic rings. The number of allylic oxidation sites excluding steroid dienone is 2. The fraction of sp³-hybridized carbons (Fsp3) is 0.348. The molecule has 1 aliphatic carbocycles.